The number of hydrogen-bond donors (Lipinski definition) is 4. The van der Waals surface area contributed by atoms with Crippen LogP contribution < -0.4 is 32.0 Å². The number of nitrogens with zero attached hydrogens (tertiary/aromatic N) is 7. The predicted octanol–water partition coefficient (Wildman–Crippen LogP) is 4.53. The Morgan fingerprint density at radius 1 is 0.918 bits per heavy atom. The molecule has 10 rings (SSSR count). The molecular weight excluding hydrogens is 1010 g/mol. The van der Waals surface area contributed by atoms with Crippen LogP contribution in [0.25, 0.3) is 27.7 Å². The second kappa shape index (κ2) is 22.9. The first-order valence-corrected chi connectivity index (χ1v) is 24.0. The molecule has 3 aliphatic heterocycles. The third-order valence-corrected chi connectivity index (χ3v) is 13.4. The van der Waals surface area contributed by atoms with Crippen molar-refractivity contribution in [3.63, 3.8) is 0 Å². The van der Waals surface area contributed by atoms with E-state index in [1.807, 2.05) is 18.2 Å². The van der Waals surface area contributed by atoms with Gasteiger partial charge in [0.2, 0.25) is 17.7 Å². The second-order valence-electron chi connectivity index (χ2n) is 18.3. The fourth-order valence-electron chi connectivity index (χ4n) is 9.42. The van der Waals surface area contributed by atoms with Crippen LogP contribution in [0.2, 0.25) is 0 Å². The summed E-state index contributed by atoms with van der Waals surface area (Å²) in [6.07, 6.45) is 10.4. The van der Waals surface area contributed by atoms with Gasteiger partial charge < -0.3 is 46.6 Å². The van der Waals surface area contributed by atoms with E-state index in [1.54, 1.807) is 56.0 Å². The number of fused-ring (bicyclic) bond motifs is 2. The number of imide groups is 2. The Labute approximate surface area is 444 Å². The summed E-state index contributed by atoms with van der Waals surface area (Å²) < 4.78 is 18.1. The predicted molar refractivity (Wildman–Crippen MR) is 266 cm³/mol. The summed E-state index contributed by atoms with van der Waals surface area (Å²) in [6.45, 7) is 8.26. The number of amides is 5. The van der Waals surface area contributed by atoms with Gasteiger partial charge in [-0.3, -0.25) is 38.8 Å². The number of rotatable bonds is 14. The van der Waals surface area contributed by atoms with Gasteiger partial charge in [0.15, 0.2) is 11.7 Å². The summed E-state index contributed by atoms with van der Waals surface area (Å²) in [5.74, 6) is -1.96. The van der Waals surface area contributed by atoms with Crippen LogP contribution in [0.5, 0.6) is 0 Å². The number of pyridine rings is 2. The molecule has 1 radical (unpaired) electrons. The van der Waals surface area contributed by atoms with E-state index < -0.39 is 41.7 Å². The van der Waals surface area contributed by atoms with Gasteiger partial charge in [0.25, 0.3) is 11.1 Å². The molecule has 4 N–H and O–H groups in total. The average Bonchev–Trinajstić information content (AvgIpc) is 4.20. The van der Waals surface area contributed by atoms with Crippen molar-refractivity contribution in [2.45, 2.75) is 63.5 Å². The first-order valence-electron chi connectivity index (χ1n) is 24.0. The van der Waals surface area contributed by atoms with Gasteiger partial charge in [-0.2, -0.15) is 0 Å². The number of anilines is 3. The van der Waals surface area contributed by atoms with E-state index in [0.717, 1.165) is 81.0 Å². The molecule has 1 saturated carbocycles. The molecule has 375 valence electrons. The normalized spacial score (nSPS) is 16.6. The van der Waals surface area contributed by atoms with Gasteiger partial charge in [-0.25, -0.2) is 14.4 Å². The minimum absolute atomic E-state index is 0. The second-order valence-corrected chi connectivity index (χ2v) is 18.3. The molecule has 20 heteroatoms. The number of unbranched alkanes of at least 4 members (excludes halogenated alkanes) is 2. The number of aliphatic hydroxyl groups excluding tert-OH is 1. The zero-order chi connectivity index (χ0) is 50.6. The van der Waals surface area contributed by atoms with Crippen LogP contribution in [-0.4, -0.2) is 109 Å². The monoisotopic (exact) mass is 1070 g/mol. The number of nitrogens with one attached hydrogen (secondary N) is 3. The van der Waals surface area contributed by atoms with Gasteiger partial charge in [-0.05, 0) is 91.4 Å². The van der Waals surface area contributed by atoms with Gasteiger partial charge in [0, 0.05) is 102 Å². The van der Waals surface area contributed by atoms with Crippen molar-refractivity contribution in [1.29, 1.82) is 0 Å². The fourth-order valence-corrected chi connectivity index (χ4v) is 9.42. The molecule has 4 aliphatic rings. The minimum atomic E-state index is -0.918. The molecule has 5 amide bonds. The number of halogens is 1. The third-order valence-electron chi connectivity index (χ3n) is 13.4. The maximum Gasteiger partial charge on any atom is 0.293 e. The molecule has 3 aromatic carbocycles. The van der Waals surface area contributed by atoms with Crippen molar-refractivity contribution in [2.75, 3.05) is 49.5 Å². The Morgan fingerprint density at radius 2 is 1.70 bits per heavy atom. The first kappa shape index (κ1) is 52.4. The van der Waals surface area contributed by atoms with Crippen LogP contribution in [0, 0.1) is 18.8 Å². The Morgan fingerprint density at radius 3 is 2.40 bits per heavy atom. The van der Waals surface area contributed by atoms with Crippen LogP contribution >= 0.6 is 0 Å². The number of piperazine rings is 1. The molecule has 0 bridgehead atoms. The molecule has 1 aliphatic carbocycles. The van der Waals surface area contributed by atoms with Crippen LogP contribution in [0.3, 0.4) is 0 Å². The topological polar surface area (TPSA) is 221 Å². The Hall–Kier alpha value is -6.93. The van der Waals surface area contributed by atoms with Crippen LogP contribution in [0.15, 0.2) is 94.9 Å². The molecule has 6 heterocycles. The molecule has 3 aromatic heterocycles. The number of aliphatic hydroxyl groups is 1. The minimum Gasteiger partial charge on any atom is -0.392 e. The molecule has 3 fully saturated rings. The van der Waals surface area contributed by atoms with Gasteiger partial charge in [-0.15, -0.1) is 24.3 Å². The number of benzene rings is 3. The SMILES string of the molecule is O=C1CCC(N2C(=O)c3[c-]cccc3C2=O)C(=O)N1.[CH2-]C(=O)NCCCCCN1CCN(c2ccc(Nc3nc(-c4cccc(-n5ccc6cc(C7CC7)cc(F)c6c5=O)c4CO)cn(C)c3=O)nc2)CC1.[Y]. The zero-order valence-electron chi connectivity index (χ0n) is 40.2. The van der Waals surface area contributed by atoms with Crippen molar-refractivity contribution < 1.29 is 66.2 Å². The maximum absolute atomic E-state index is 15.3. The third kappa shape index (κ3) is 11.5. The van der Waals surface area contributed by atoms with Crippen molar-refractivity contribution in [2.24, 2.45) is 7.05 Å². The molecule has 73 heavy (non-hydrogen) atoms. The van der Waals surface area contributed by atoms with Crippen LogP contribution in [0.4, 0.5) is 21.7 Å². The van der Waals surface area contributed by atoms with Crippen molar-refractivity contribution in [1.82, 2.24) is 39.5 Å². The molecule has 1 atom stereocenters. The van der Waals surface area contributed by atoms with Crippen molar-refractivity contribution in [3.05, 3.63) is 147 Å². The van der Waals surface area contributed by atoms with Gasteiger partial charge in [0.05, 0.1) is 41.2 Å². The van der Waals surface area contributed by atoms with E-state index in [1.165, 1.54) is 27.3 Å². The number of aryl methyl sites for hydroxylation is 1. The zero-order valence-corrected chi connectivity index (χ0v) is 43.1. The van der Waals surface area contributed by atoms with Crippen LogP contribution in [-0.2, 0) is 60.7 Å². The first-order chi connectivity index (χ1) is 34.8. The molecule has 6 aromatic rings. The summed E-state index contributed by atoms with van der Waals surface area (Å²) in [6, 6.07) is 20.5. The van der Waals surface area contributed by atoms with E-state index in [4.69, 9.17) is 0 Å². The number of carbonyl (C=O) groups is 5. The van der Waals surface area contributed by atoms with E-state index in [2.05, 4.69) is 48.7 Å². The standard InChI is InChI=1S/C40H44FN8O4.C13H9N2O4.Y/c1-26(51)42-14-4-3-5-15-47-17-19-48(20-18-47)30-11-12-36(43-23-30)45-38-40(53)46(2)24-34(44-38)31-7-6-8-35(32(31)25-50)49-16-13-28-21-29(27-9-10-27)22-33(41)37(28)39(49)52;16-10-6-5-9(11(17)14-10)15-12(18)7-3-1-2-4-8(7)13(15)19;/h6-8,11-13,16,21-24,27,50H,1,3-5,9-10,14-15,17-20,25H2,2H3,(H,42,51)(H,43,44,45);1-3,9H,5-6H2,(H,14,16,17);/q2*-1;. The Kier molecular flexibility index (Phi) is 16.4. The molecule has 1 unspecified atom stereocenters. The fraction of sp³-hybridized carbons (Fsp3) is 0.321. The van der Waals surface area contributed by atoms with Gasteiger partial charge in [-0.1, -0.05) is 30.2 Å². The van der Waals surface area contributed by atoms with E-state index in [9.17, 15) is 38.7 Å². The van der Waals surface area contributed by atoms with Crippen LogP contribution in [0.1, 0.15) is 82.7 Å². The Bertz CT molecular complexity index is 3190. The van der Waals surface area contributed by atoms with E-state index in [0.29, 0.717) is 46.2 Å². The van der Waals surface area contributed by atoms with E-state index >= 15 is 4.39 Å². The van der Waals surface area contributed by atoms with Crippen molar-refractivity contribution >= 4 is 57.6 Å². The molecule has 2 saturated heterocycles. The molecular formula is C53H53FN10O8Y-2. The van der Waals surface area contributed by atoms with Crippen molar-refractivity contribution in [3.8, 4) is 16.9 Å². The summed E-state index contributed by atoms with van der Waals surface area (Å²) in [4.78, 5) is 99.8. The van der Waals surface area contributed by atoms with Gasteiger partial charge in [0.1, 0.15) is 17.7 Å². The summed E-state index contributed by atoms with van der Waals surface area (Å²) in [5.41, 5.74) is 3.15. The number of aromatic nitrogens is 4. The number of hydrogen-bond acceptors (Lipinski definition) is 13. The Balaban J connectivity index is 0.000000297. The maximum atomic E-state index is 15.3. The van der Waals surface area contributed by atoms with E-state index in [-0.39, 0.29) is 85.3 Å². The summed E-state index contributed by atoms with van der Waals surface area (Å²) in [7, 11) is 1.62. The number of piperidine rings is 1. The number of carbonyl (C=O) groups excluding carboxylic acids is 5. The van der Waals surface area contributed by atoms with Gasteiger partial charge >= 0.3 is 0 Å². The quantitative estimate of drug-likeness (QED) is 0.0671. The summed E-state index contributed by atoms with van der Waals surface area (Å²) >= 11 is 0. The molecule has 0 spiro atoms. The molecule has 18 nitrogen and oxygen atoms in total. The summed E-state index contributed by atoms with van der Waals surface area (Å²) in [5, 5.41) is 19.1. The average molecular weight is 1070 g/mol. The smallest absolute Gasteiger partial charge is 0.293 e. The largest absolute Gasteiger partial charge is 0.392 e.